The van der Waals surface area contributed by atoms with Gasteiger partial charge in [0.15, 0.2) is 5.69 Å². The lowest BCUT2D eigenvalue weighted by Gasteiger charge is -2.26. The summed E-state index contributed by atoms with van der Waals surface area (Å²) in [5, 5.41) is 9.44. The van der Waals surface area contributed by atoms with Crippen LogP contribution in [0.25, 0.3) is 0 Å². The lowest BCUT2D eigenvalue weighted by atomic mass is 10.1. The predicted octanol–water partition coefficient (Wildman–Crippen LogP) is 3.38. The third-order valence-corrected chi connectivity index (χ3v) is 4.95. The first-order chi connectivity index (χ1) is 14.6. The van der Waals surface area contributed by atoms with Crippen molar-refractivity contribution in [3.05, 3.63) is 83.0 Å². The molecule has 30 heavy (non-hydrogen) atoms. The minimum Gasteiger partial charge on any atom is -0.360 e. The van der Waals surface area contributed by atoms with Gasteiger partial charge in [-0.25, -0.2) is 9.18 Å². The van der Waals surface area contributed by atoms with Gasteiger partial charge in [0.2, 0.25) is 0 Å². The Bertz CT molecular complexity index is 1050. The molecule has 1 aliphatic rings. The van der Waals surface area contributed by atoms with Crippen LogP contribution in [0.5, 0.6) is 0 Å². The topological polar surface area (TPSA) is 87.5 Å². The molecule has 0 aliphatic carbocycles. The van der Waals surface area contributed by atoms with Gasteiger partial charge in [-0.05, 0) is 30.2 Å². The van der Waals surface area contributed by atoms with E-state index < -0.39 is 5.82 Å². The van der Waals surface area contributed by atoms with Crippen molar-refractivity contribution >= 4 is 17.6 Å². The number of amides is 3. The number of halogens is 1. The van der Waals surface area contributed by atoms with Gasteiger partial charge in [0.1, 0.15) is 11.6 Å². The SMILES string of the molecule is O=C(NCCc1ccccc1)c1noc2c1CN(C(=O)Nc1cccc(F)c1)CC2. The summed E-state index contributed by atoms with van der Waals surface area (Å²) in [6.45, 7) is 1.08. The largest absolute Gasteiger partial charge is 0.360 e. The van der Waals surface area contributed by atoms with E-state index in [-0.39, 0.29) is 24.2 Å². The van der Waals surface area contributed by atoms with Gasteiger partial charge in [-0.1, -0.05) is 41.6 Å². The van der Waals surface area contributed by atoms with E-state index in [0.29, 0.717) is 42.9 Å². The van der Waals surface area contributed by atoms with Gasteiger partial charge in [0.25, 0.3) is 5.91 Å². The molecule has 0 bridgehead atoms. The van der Waals surface area contributed by atoms with Crippen LogP contribution >= 0.6 is 0 Å². The summed E-state index contributed by atoms with van der Waals surface area (Å²) < 4.78 is 18.7. The zero-order valence-corrected chi connectivity index (χ0v) is 16.2. The molecule has 4 rings (SSSR count). The second kappa shape index (κ2) is 8.77. The fourth-order valence-corrected chi connectivity index (χ4v) is 3.38. The summed E-state index contributed by atoms with van der Waals surface area (Å²) in [6, 6.07) is 15.2. The maximum Gasteiger partial charge on any atom is 0.322 e. The number of anilines is 1. The maximum absolute atomic E-state index is 13.3. The molecule has 0 saturated carbocycles. The average Bonchev–Trinajstić information content (AvgIpc) is 3.18. The number of rotatable bonds is 5. The Balaban J connectivity index is 1.38. The van der Waals surface area contributed by atoms with Crippen molar-refractivity contribution in [3.63, 3.8) is 0 Å². The molecule has 0 unspecified atom stereocenters. The van der Waals surface area contributed by atoms with Crippen molar-refractivity contribution < 1.29 is 18.5 Å². The highest BCUT2D eigenvalue weighted by molar-refractivity contribution is 5.94. The molecule has 0 radical (unpaired) electrons. The van der Waals surface area contributed by atoms with Crippen molar-refractivity contribution in [1.82, 2.24) is 15.4 Å². The Hall–Kier alpha value is -3.68. The second-order valence-electron chi connectivity index (χ2n) is 7.04. The number of nitrogens with one attached hydrogen (secondary N) is 2. The van der Waals surface area contributed by atoms with Crippen molar-refractivity contribution in [3.8, 4) is 0 Å². The molecular formula is C22H21FN4O3. The van der Waals surface area contributed by atoms with E-state index in [2.05, 4.69) is 15.8 Å². The van der Waals surface area contributed by atoms with E-state index in [1.54, 1.807) is 11.0 Å². The monoisotopic (exact) mass is 408 g/mol. The van der Waals surface area contributed by atoms with E-state index in [1.165, 1.54) is 18.2 Å². The Morgan fingerprint density at radius 3 is 2.77 bits per heavy atom. The molecule has 0 fully saturated rings. The Morgan fingerprint density at radius 1 is 1.13 bits per heavy atom. The molecule has 8 heteroatoms. The number of carbonyl (C=O) groups excluding carboxylic acids is 2. The molecule has 154 valence electrons. The first-order valence-electron chi connectivity index (χ1n) is 9.71. The van der Waals surface area contributed by atoms with Gasteiger partial charge < -0.3 is 20.1 Å². The molecule has 2 heterocycles. The highest BCUT2D eigenvalue weighted by atomic mass is 19.1. The van der Waals surface area contributed by atoms with Crippen LogP contribution < -0.4 is 10.6 Å². The number of hydrogen-bond donors (Lipinski definition) is 2. The Morgan fingerprint density at radius 2 is 1.97 bits per heavy atom. The maximum atomic E-state index is 13.3. The smallest absolute Gasteiger partial charge is 0.322 e. The third kappa shape index (κ3) is 4.48. The first kappa shape index (κ1) is 19.6. The summed E-state index contributed by atoms with van der Waals surface area (Å²) in [7, 11) is 0. The minimum atomic E-state index is -0.428. The highest BCUT2D eigenvalue weighted by Gasteiger charge is 2.29. The minimum absolute atomic E-state index is 0.196. The summed E-state index contributed by atoms with van der Waals surface area (Å²) in [5.74, 6) is -0.149. The van der Waals surface area contributed by atoms with Gasteiger partial charge >= 0.3 is 6.03 Å². The number of hydrogen-bond acceptors (Lipinski definition) is 4. The average molecular weight is 408 g/mol. The summed E-state index contributed by atoms with van der Waals surface area (Å²) in [4.78, 5) is 26.7. The lowest BCUT2D eigenvalue weighted by molar-refractivity contribution is 0.0943. The van der Waals surface area contributed by atoms with Crippen molar-refractivity contribution in [2.45, 2.75) is 19.4 Å². The van der Waals surface area contributed by atoms with E-state index in [0.717, 1.165) is 5.56 Å². The standard InChI is InChI=1S/C22H21FN4O3/c23-16-7-4-8-17(13-16)25-22(29)27-12-10-19-18(14-27)20(26-30-19)21(28)24-11-9-15-5-2-1-3-6-15/h1-8,13H,9-12,14H2,(H,24,28)(H,25,29). The molecule has 3 aromatic rings. The number of carbonyl (C=O) groups is 2. The third-order valence-electron chi connectivity index (χ3n) is 4.95. The van der Waals surface area contributed by atoms with Crippen LogP contribution in [0.1, 0.15) is 27.4 Å². The van der Waals surface area contributed by atoms with Crippen LogP contribution in [0.4, 0.5) is 14.9 Å². The van der Waals surface area contributed by atoms with Gasteiger partial charge in [-0.3, -0.25) is 4.79 Å². The molecule has 2 aromatic carbocycles. The molecule has 1 aliphatic heterocycles. The number of benzene rings is 2. The fraction of sp³-hybridized carbons (Fsp3) is 0.227. The molecule has 0 spiro atoms. The van der Waals surface area contributed by atoms with E-state index in [9.17, 15) is 14.0 Å². The molecule has 0 atom stereocenters. The van der Waals surface area contributed by atoms with Gasteiger partial charge in [-0.2, -0.15) is 0 Å². The summed E-state index contributed by atoms with van der Waals surface area (Å²) in [5.41, 5.74) is 2.30. The van der Waals surface area contributed by atoms with Crippen LogP contribution in [0.2, 0.25) is 0 Å². The van der Waals surface area contributed by atoms with Crippen LogP contribution in [0.15, 0.2) is 59.1 Å². The predicted molar refractivity (Wildman–Crippen MR) is 109 cm³/mol. The van der Waals surface area contributed by atoms with E-state index >= 15 is 0 Å². The number of fused-ring (bicyclic) bond motifs is 1. The van der Waals surface area contributed by atoms with Gasteiger partial charge in [-0.15, -0.1) is 0 Å². The van der Waals surface area contributed by atoms with E-state index in [4.69, 9.17) is 4.52 Å². The van der Waals surface area contributed by atoms with Crippen molar-refractivity contribution in [2.24, 2.45) is 0 Å². The fourth-order valence-electron chi connectivity index (χ4n) is 3.38. The number of aromatic nitrogens is 1. The first-order valence-corrected chi connectivity index (χ1v) is 9.71. The molecule has 2 N–H and O–H groups in total. The molecule has 3 amide bonds. The second-order valence-corrected chi connectivity index (χ2v) is 7.04. The van der Waals surface area contributed by atoms with Crippen molar-refractivity contribution in [2.75, 3.05) is 18.4 Å². The van der Waals surface area contributed by atoms with Gasteiger partial charge in [0.05, 0.1) is 6.54 Å². The highest BCUT2D eigenvalue weighted by Crippen LogP contribution is 2.23. The van der Waals surface area contributed by atoms with Crippen LogP contribution in [0, 0.1) is 5.82 Å². The Labute approximate surface area is 172 Å². The molecule has 1 aromatic heterocycles. The molecular weight excluding hydrogens is 387 g/mol. The van der Waals surface area contributed by atoms with Crippen molar-refractivity contribution in [1.29, 1.82) is 0 Å². The zero-order valence-electron chi connectivity index (χ0n) is 16.2. The van der Waals surface area contributed by atoms with Crippen LogP contribution in [-0.2, 0) is 19.4 Å². The Kier molecular flexibility index (Phi) is 5.74. The summed E-state index contributed by atoms with van der Waals surface area (Å²) >= 11 is 0. The van der Waals surface area contributed by atoms with E-state index in [1.807, 2.05) is 30.3 Å². The number of nitrogens with zero attached hydrogens (tertiary/aromatic N) is 2. The normalized spacial score (nSPS) is 12.9. The quantitative estimate of drug-likeness (QED) is 0.678. The molecule has 7 nitrogen and oxygen atoms in total. The van der Waals surface area contributed by atoms with Crippen LogP contribution in [0.3, 0.4) is 0 Å². The zero-order chi connectivity index (χ0) is 20.9. The summed E-state index contributed by atoms with van der Waals surface area (Å²) in [6.07, 6.45) is 1.16. The number of urea groups is 1. The molecule has 0 saturated heterocycles. The van der Waals surface area contributed by atoms with Crippen LogP contribution in [-0.4, -0.2) is 35.1 Å². The lowest BCUT2D eigenvalue weighted by Crippen LogP contribution is -2.39. The van der Waals surface area contributed by atoms with Gasteiger partial charge in [0, 0.05) is 30.8 Å².